The van der Waals surface area contributed by atoms with Crippen LogP contribution < -0.4 is 0 Å². The Balaban J connectivity index is 2.96. The maximum Gasteiger partial charge on any atom is 0.328 e. The van der Waals surface area contributed by atoms with E-state index in [4.69, 9.17) is 16.7 Å². The van der Waals surface area contributed by atoms with Crippen LogP contribution in [-0.2, 0) is 4.79 Å². The van der Waals surface area contributed by atoms with Crippen molar-refractivity contribution in [3.63, 3.8) is 0 Å². The number of hydrogen-bond acceptors (Lipinski definition) is 5. The quantitative estimate of drug-likeness (QED) is 0.291. The summed E-state index contributed by atoms with van der Waals surface area (Å²) in [5.74, 6) is -1.74. The molecule has 0 bridgehead atoms. The van der Waals surface area contributed by atoms with Gasteiger partial charge >= 0.3 is 5.97 Å². The minimum atomic E-state index is -1.20. The van der Waals surface area contributed by atoms with Crippen LogP contribution in [0.5, 0.6) is 0 Å². The summed E-state index contributed by atoms with van der Waals surface area (Å²) in [7, 11) is 0. The summed E-state index contributed by atoms with van der Waals surface area (Å²) in [6.45, 7) is 0. The Kier molecular flexibility index (Phi) is 4.45. The molecule has 0 saturated heterocycles. The summed E-state index contributed by atoms with van der Waals surface area (Å²) in [5.41, 5.74) is 0.0805. The molecule has 5 nitrogen and oxygen atoms in total. The third-order valence-electron chi connectivity index (χ3n) is 1.55. The number of allylic oxidation sites excluding steroid dienone is 1. The number of ketones is 1. The fraction of sp³-hybridized carbons (Fsp3) is 0.111. The maximum atomic E-state index is 11.4. The van der Waals surface area contributed by atoms with Crippen molar-refractivity contribution in [1.82, 2.24) is 9.97 Å². The Morgan fingerprint density at radius 3 is 2.69 bits per heavy atom. The van der Waals surface area contributed by atoms with E-state index in [2.05, 4.69) is 9.97 Å². The molecule has 0 fully saturated rings. The number of aromatic nitrogens is 2. The predicted octanol–water partition coefficient (Wildman–Crippen LogP) is 1.68. The van der Waals surface area contributed by atoms with E-state index in [1.165, 1.54) is 18.0 Å². The first kappa shape index (κ1) is 12.7. The summed E-state index contributed by atoms with van der Waals surface area (Å²) >= 11 is 7.04. The highest BCUT2D eigenvalue weighted by atomic mass is 35.5. The molecule has 16 heavy (non-hydrogen) atoms. The molecule has 1 heterocycles. The third-order valence-corrected chi connectivity index (χ3v) is 2.40. The van der Waals surface area contributed by atoms with Gasteiger partial charge in [-0.15, -0.1) is 0 Å². The fourth-order valence-corrected chi connectivity index (χ4v) is 1.46. The molecule has 0 aliphatic heterocycles. The highest BCUT2D eigenvalue weighted by Crippen LogP contribution is 2.17. The van der Waals surface area contributed by atoms with Gasteiger partial charge in [0.05, 0.1) is 5.56 Å². The van der Waals surface area contributed by atoms with Crippen LogP contribution in [0.2, 0.25) is 5.15 Å². The van der Waals surface area contributed by atoms with Gasteiger partial charge in [-0.05, 0) is 12.3 Å². The monoisotopic (exact) mass is 258 g/mol. The molecule has 7 heteroatoms. The Labute approximate surface area is 101 Å². The van der Waals surface area contributed by atoms with E-state index >= 15 is 0 Å². The average molecular weight is 259 g/mol. The lowest BCUT2D eigenvalue weighted by atomic mass is 10.2. The van der Waals surface area contributed by atoms with Gasteiger partial charge in [0.15, 0.2) is 10.9 Å². The second-order valence-corrected chi connectivity index (χ2v) is 3.73. The molecule has 1 aromatic heterocycles. The molecule has 1 N–H and O–H groups in total. The summed E-state index contributed by atoms with van der Waals surface area (Å²) in [6, 6.07) is 0. The minimum Gasteiger partial charge on any atom is -0.478 e. The van der Waals surface area contributed by atoms with Gasteiger partial charge in [0.1, 0.15) is 5.15 Å². The number of halogens is 1. The number of carbonyl (C=O) groups excluding carboxylic acids is 1. The van der Waals surface area contributed by atoms with E-state index in [1.54, 1.807) is 6.26 Å². The van der Waals surface area contributed by atoms with Crippen molar-refractivity contribution >= 4 is 35.1 Å². The van der Waals surface area contributed by atoms with Crippen molar-refractivity contribution < 1.29 is 14.7 Å². The Hall–Kier alpha value is -1.40. The molecule has 0 aliphatic rings. The third kappa shape index (κ3) is 3.32. The molecule has 84 valence electrons. The summed E-state index contributed by atoms with van der Waals surface area (Å²) in [6.07, 6.45) is 4.69. The highest BCUT2D eigenvalue weighted by Gasteiger charge is 2.10. The van der Waals surface area contributed by atoms with Crippen molar-refractivity contribution in [3.05, 3.63) is 29.1 Å². The Morgan fingerprint density at radius 2 is 2.19 bits per heavy atom. The van der Waals surface area contributed by atoms with Crippen molar-refractivity contribution in [2.75, 3.05) is 6.26 Å². The number of hydrogen-bond donors (Lipinski definition) is 1. The number of nitrogens with zero attached hydrogens (tertiary/aromatic N) is 2. The normalized spacial score (nSPS) is 10.6. The lowest BCUT2D eigenvalue weighted by Crippen LogP contribution is -2.01. The largest absolute Gasteiger partial charge is 0.478 e. The molecule has 1 rings (SSSR count). The summed E-state index contributed by atoms with van der Waals surface area (Å²) < 4.78 is 0. The van der Waals surface area contributed by atoms with Crippen LogP contribution in [0.4, 0.5) is 0 Å². The first-order valence-corrected chi connectivity index (χ1v) is 5.66. The minimum absolute atomic E-state index is 0.0133. The van der Waals surface area contributed by atoms with E-state index in [0.29, 0.717) is 5.16 Å². The second kappa shape index (κ2) is 5.62. The zero-order chi connectivity index (χ0) is 12.1. The van der Waals surface area contributed by atoms with Crippen LogP contribution in [0.15, 0.2) is 23.5 Å². The fourth-order valence-electron chi connectivity index (χ4n) is 0.846. The van der Waals surface area contributed by atoms with Gasteiger partial charge in [0.2, 0.25) is 0 Å². The number of carboxylic acids is 1. The van der Waals surface area contributed by atoms with Gasteiger partial charge in [0, 0.05) is 12.3 Å². The van der Waals surface area contributed by atoms with E-state index < -0.39 is 11.8 Å². The van der Waals surface area contributed by atoms with Gasteiger partial charge in [-0.1, -0.05) is 23.4 Å². The molecule has 0 aromatic carbocycles. The lowest BCUT2D eigenvalue weighted by molar-refractivity contribution is -0.131. The smallest absolute Gasteiger partial charge is 0.328 e. The Bertz CT molecular complexity index is 462. The second-order valence-electron chi connectivity index (χ2n) is 2.60. The topological polar surface area (TPSA) is 80.2 Å². The van der Waals surface area contributed by atoms with E-state index in [-0.39, 0.29) is 10.7 Å². The first-order chi connectivity index (χ1) is 7.54. The summed E-state index contributed by atoms with van der Waals surface area (Å²) in [5, 5.41) is 8.82. The van der Waals surface area contributed by atoms with Crippen molar-refractivity contribution in [2.45, 2.75) is 5.16 Å². The molecule has 0 radical (unpaired) electrons. The molecular formula is C9H7ClN2O3S. The van der Waals surface area contributed by atoms with E-state index in [0.717, 1.165) is 12.2 Å². The summed E-state index contributed by atoms with van der Waals surface area (Å²) in [4.78, 5) is 29.4. The molecule has 1 aromatic rings. The SMILES string of the molecule is CSc1ncc(C(=O)C=CC(=O)O)c(Cl)n1. The van der Waals surface area contributed by atoms with Gasteiger partial charge < -0.3 is 5.11 Å². The Morgan fingerprint density at radius 1 is 1.50 bits per heavy atom. The van der Waals surface area contributed by atoms with E-state index in [9.17, 15) is 9.59 Å². The van der Waals surface area contributed by atoms with Crippen molar-refractivity contribution in [2.24, 2.45) is 0 Å². The maximum absolute atomic E-state index is 11.4. The van der Waals surface area contributed by atoms with Gasteiger partial charge in [0.25, 0.3) is 0 Å². The molecule has 0 saturated carbocycles. The average Bonchev–Trinajstić information content (AvgIpc) is 2.25. The molecular weight excluding hydrogens is 252 g/mol. The zero-order valence-corrected chi connectivity index (χ0v) is 9.75. The van der Waals surface area contributed by atoms with E-state index in [1.807, 2.05) is 0 Å². The van der Waals surface area contributed by atoms with Crippen LogP contribution in [0.1, 0.15) is 10.4 Å². The highest BCUT2D eigenvalue weighted by molar-refractivity contribution is 7.98. The number of carboxylic acid groups (broad SMARTS) is 1. The van der Waals surface area contributed by atoms with Gasteiger partial charge in [-0.2, -0.15) is 0 Å². The molecule has 0 atom stereocenters. The molecule has 0 unspecified atom stereocenters. The number of thioether (sulfide) groups is 1. The van der Waals surface area contributed by atoms with Crippen LogP contribution in [0.3, 0.4) is 0 Å². The number of carbonyl (C=O) groups is 2. The number of rotatable bonds is 4. The predicted molar refractivity (Wildman–Crippen MR) is 59.9 cm³/mol. The first-order valence-electron chi connectivity index (χ1n) is 4.06. The van der Waals surface area contributed by atoms with Crippen LogP contribution in [0, 0.1) is 0 Å². The number of aliphatic carboxylic acids is 1. The molecule has 0 aliphatic carbocycles. The zero-order valence-electron chi connectivity index (χ0n) is 8.18. The standard InChI is InChI=1S/C9H7ClN2O3S/c1-16-9-11-4-5(8(10)12-9)6(13)2-3-7(14)15/h2-4H,1H3,(H,14,15). The van der Waals surface area contributed by atoms with Crippen LogP contribution in [-0.4, -0.2) is 33.1 Å². The lowest BCUT2D eigenvalue weighted by Gasteiger charge is -1.99. The molecule has 0 spiro atoms. The van der Waals surface area contributed by atoms with Gasteiger partial charge in [-0.25, -0.2) is 14.8 Å². The van der Waals surface area contributed by atoms with Crippen molar-refractivity contribution in [1.29, 1.82) is 0 Å². The van der Waals surface area contributed by atoms with Crippen LogP contribution >= 0.6 is 23.4 Å². The molecule has 0 amide bonds. The van der Waals surface area contributed by atoms with Crippen LogP contribution in [0.25, 0.3) is 0 Å². The van der Waals surface area contributed by atoms with Crippen molar-refractivity contribution in [3.8, 4) is 0 Å². The van der Waals surface area contributed by atoms with Gasteiger partial charge in [-0.3, -0.25) is 4.79 Å².